The van der Waals surface area contributed by atoms with Crippen LogP contribution in [0.3, 0.4) is 0 Å². The van der Waals surface area contributed by atoms with Crippen LogP contribution in [0.1, 0.15) is 213 Å². The summed E-state index contributed by atoms with van der Waals surface area (Å²) in [6.45, 7) is 8.53. The van der Waals surface area contributed by atoms with Crippen molar-refractivity contribution in [1.29, 1.82) is 0 Å². The van der Waals surface area contributed by atoms with Crippen LogP contribution in [-0.2, 0) is 19.1 Å². The van der Waals surface area contributed by atoms with Crippen molar-refractivity contribution >= 4 is 29.3 Å². The number of nitrogens with zero attached hydrogens (tertiary/aromatic N) is 2. The van der Waals surface area contributed by atoms with Gasteiger partial charge in [0.1, 0.15) is 0 Å². The molecule has 0 aromatic carbocycles. The molecule has 0 bridgehead atoms. The molecule has 0 unspecified atom stereocenters. The Morgan fingerprint density at radius 2 is 0.839 bits per heavy atom. The van der Waals surface area contributed by atoms with Crippen molar-refractivity contribution in [3.8, 4) is 0 Å². The van der Waals surface area contributed by atoms with Crippen LogP contribution in [0.4, 0.5) is 0 Å². The van der Waals surface area contributed by atoms with Gasteiger partial charge in [0.15, 0.2) is 5.11 Å². The fourth-order valence-corrected chi connectivity index (χ4v) is 7.01. The van der Waals surface area contributed by atoms with Gasteiger partial charge in [-0.15, -0.1) is 0 Å². The lowest BCUT2D eigenvalue weighted by Gasteiger charge is -2.26. The second-order valence-electron chi connectivity index (χ2n) is 16.2. The fraction of sp³-hybridized carbons (Fsp3) is 0.854. The van der Waals surface area contributed by atoms with Gasteiger partial charge in [0.2, 0.25) is 0 Å². The van der Waals surface area contributed by atoms with Gasteiger partial charge < -0.3 is 24.6 Å². The van der Waals surface area contributed by atoms with Gasteiger partial charge >= 0.3 is 11.9 Å². The number of esters is 2. The number of thiocarbonyl (C=S) groups is 1. The number of hydrogen-bond acceptors (Lipinski definition) is 6. The lowest BCUT2D eigenvalue weighted by atomic mass is 10.1. The Hall–Kier alpha value is -1.93. The number of rotatable bonds is 42. The lowest BCUT2D eigenvalue weighted by Crippen LogP contribution is -2.42. The molecule has 0 saturated heterocycles. The minimum absolute atomic E-state index is 0.100. The van der Waals surface area contributed by atoms with Crippen molar-refractivity contribution in [2.75, 3.05) is 53.5 Å². The minimum Gasteiger partial charge on any atom is -0.466 e. The summed E-state index contributed by atoms with van der Waals surface area (Å²) >= 11 is 5.73. The fourth-order valence-electron chi connectivity index (χ4n) is 6.72. The summed E-state index contributed by atoms with van der Waals surface area (Å²) in [5.74, 6) is -0.201. The second kappa shape index (κ2) is 44.2. The summed E-state index contributed by atoms with van der Waals surface area (Å²) in [6.07, 6.45) is 45.3. The van der Waals surface area contributed by atoms with Crippen LogP contribution in [0, 0.1) is 0 Å². The first-order chi connectivity index (χ1) is 27.4. The number of carbonyl (C=O) groups excluding carboxylic acids is 2. The maximum Gasteiger partial charge on any atom is 0.305 e. The SMILES string of the molecule is CCCCCCCC/C=C\CCCCCCCC(=O)OCCCN(CCCOC(=O)CCCCCCC/C=C\CCCCCCCC)C(=S)NCCCN(C)C. The van der Waals surface area contributed by atoms with E-state index in [0.29, 0.717) is 57.1 Å². The molecule has 7 nitrogen and oxygen atoms in total. The molecule has 56 heavy (non-hydrogen) atoms. The first kappa shape index (κ1) is 54.1. The molecule has 1 N–H and O–H groups in total. The molecular formula is C48H91N3O4S. The predicted molar refractivity (Wildman–Crippen MR) is 245 cm³/mol. The highest BCUT2D eigenvalue weighted by Crippen LogP contribution is 2.12. The van der Waals surface area contributed by atoms with E-state index >= 15 is 0 Å². The zero-order valence-corrected chi connectivity index (χ0v) is 38.2. The maximum absolute atomic E-state index is 12.3. The van der Waals surface area contributed by atoms with E-state index in [1.165, 1.54) is 141 Å². The highest BCUT2D eigenvalue weighted by Gasteiger charge is 2.11. The maximum atomic E-state index is 12.3. The first-order valence-electron chi connectivity index (χ1n) is 23.7. The summed E-state index contributed by atoms with van der Waals surface area (Å²) < 4.78 is 11.1. The van der Waals surface area contributed by atoms with Crippen molar-refractivity contribution in [3.63, 3.8) is 0 Å². The van der Waals surface area contributed by atoms with Crippen LogP contribution < -0.4 is 5.32 Å². The highest BCUT2D eigenvalue weighted by molar-refractivity contribution is 7.80. The van der Waals surface area contributed by atoms with Gasteiger partial charge in [-0.3, -0.25) is 9.59 Å². The minimum atomic E-state index is -0.100. The molecule has 0 heterocycles. The molecule has 0 rings (SSSR count). The van der Waals surface area contributed by atoms with E-state index in [2.05, 4.69) is 67.4 Å². The molecule has 0 fully saturated rings. The van der Waals surface area contributed by atoms with Crippen LogP contribution in [0.5, 0.6) is 0 Å². The van der Waals surface area contributed by atoms with Gasteiger partial charge in [0.05, 0.1) is 13.2 Å². The monoisotopic (exact) mass is 806 g/mol. The molecule has 0 aromatic rings. The molecule has 0 aliphatic rings. The summed E-state index contributed by atoms with van der Waals surface area (Å²) in [7, 11) is 4.14. The molecule has 0 aliphatic heterocycles. The Morgan fingerprint density at radius 3 is 1.21 bits per heavy atom. The average molecular weight is 806 g/mol. The molecule has 0 amide bonds. The van der Waals surface area contributed by atoms with E-state index in [1.54, 1.807) is 0 Å². The van der Waals surface area contributed by atoms with E-state index in [-0.39, 0.29) is 11.9 Å². The third-order valence-corrected chi connectivity index (χ3v) is 10.7. The van der Waals surface area contributed by atoms with Crippen molar-refractivity contribution in [3.05, 3.63) is 24.3 Å². The number of ether oxygens (including phenoxy) is 2. The number of unbranched alkanes of at least 4 members (excludes halogenated alkanes) is 22. The molecule has 0 aliphatic carbocycles. The summed E-state index contributed by atoms with van der Waals surface area (Å²) in [6, 6.07) is 0. The van der Waals surface area contributed by atoms with Crippen LogP contribution in [0.25, 0.3) is 0 Å². The first-order valence-corrected chi connectivity index (χ1v) is 24.1. The third-order valence-electron chi connectivity index (χ3n) is 10.3. The average Bonchev–Trinajstić information content (AvgIpc) is 3.18. The van der Waals surface area contributed by atoms with Crippen molar-refractivity contribution in [1.82, 2.24) is 15.1 Å². The largest absolute Gasteiger partial charge is 0.466 e. The Kier molecular flexibility index (Phi) is 42.7. The summed E-state index contributed by atoms with van der Waals surface area (Å²) in [4.78, 5) is 29.0. The molecule has 0 radical (unpaired) electrons. The molecule has 8 heteroatoms. The van der Waals surface area contributed by atoms with Gasteiger partial charge in [-0.25, -0.2) is 0 Å². The van der Waals surface area contributed by atoms with Gasteiger partial charge in [0, 0.05) is 32.5 Å². The normalized spacial score (nSPS) is 11.6. The van der Waals surface area contributed by atoms with Crippen molar-refractivity contribution in [2.45, 2.75) is 213 Å². The number of nitrogens with one attached hydrogen (secondary N) is 1. The number of allylic oxidation sites excluding steroid dienone is 4. The number of hydrogen-bond donors (Lipinski definition) is 1. The zero-order valence-electron chi connectivity index (χ0n) is 37.4. The smallest absolute Gasteiger partial charge is 0.305 e. The van der Waals surface area contributed by atoms with E-state index in [0.717, 1.165) is 45.2 Å². The summed E-state index contributed by atoms with van der Waals surface area (Å²) in [5, 5.41) is 4.10. The lowest BCUT2D eigenvalue weighted by molar-refractivity contribution is -0.144. The molecule has 0 aromatic heterocycles. The second-order valence-corrected chi connectivity index (χ2v) is 16.6. The molecule has 0 spiro atoms. The van der Waals surface area contributed by atoms with Gasteiger partial charge in [-0.05, 0) is 116 Å². The Morgan fingerprint density at radius 1 is 0.482 bits per heavy atom. The van der Waals surface area contributed by atoms with Crippen molar-refractivity contribution in [2.24, 2.45) is 0 Å². The van der Waals surface area contributed by atoms with Crippen LogP contribution >= 0.6 is 12.2 Å². The Bertz CT molecular complexity index is 881. The third kappa shape index (κ3) is 41.7. The van der Waals surface area contributed by atoms with E-state index in [9.17, 15) is 9.59 Å². The van der Waals surface area contributed by atoms with E-state index < -0.39 is 0 Å². The zero-order chi connectivity index (χ0) is 41.0. The van der Waals surface area contributed by atoms with E-state index in [4.69, 9.17) is 21.7 Å². The molecule has 0 saturated carbocycles. The van der Waals surface area contributed by atoms with Gasteiger partial charge in [-0.2, -0.15) is 0 Å². The van der Waals surface area contributed by atoms with Gasteiger partial charge in [-0.1, -0.05) is 141 Å². The Labute approximate surface area is 352 Å². The van der Waals surface area contributed by atoms with E-state index in [1.807, 2.05) is 0 Å². The van der Waals surface area contributed by atoms with Crippen LogP contribution in [0.2, 0.25) is 0 Å². The summed E-state index contributed by atoms with van der Waals surface area (Å²) in [5.41, 5.74) is 0. The Balaban J connectivity index is 4.07. The highest BCUT2D eigenvalue weighted by atomic mass is 32.1. The quantitative estimate of drug-likeness (QED) is 0.0283. The number of carbonyl (C=O) groups is 2. The van der Waals surface area contributed by atoms with Crippen molar-refractivity contribution < 1.29 is 19.1 Å². The van der Waals surface area contributed by atoms with Crippen LogP contribution in [0.15, 0.2) is 24.3 Å². The standard InChI is InChI=1S/C48H91N3O4S/c1-5-7-9-11-13-15-17-19-21-23-25-27-29-31-33-38-46(52)54-44-36-42-51(48(56)49-40-35-41-50(3)4)43-37-45-55-47(53)39-34-32-30-28-26-24-22-20-18-16-14-12-10-8-6-2/h19-22H,5-18,23-45H2,1-4H3,(H,49,56)/b21-19-,22-20-. The molecular weight excluding hydrogens is 715 g/mol. The van der Waals surface area contributed by atoms with Gasteiger partial charge in [0.25, 0.3) is 0 Å². The topological polar surface area (TPSA) is 71.1 Å². The molecule has 0 atom stereocenters. The predicted octanol–water partition coefficient (Wildman–Crippen LogP) is 13.1. The van der Waals surface area contributed by atoms with Crippen LogP contribution in [-0.4, -0.2) is 80.3 Å². The molecule has 328 valence electrons.